The molecule has 3 aromatic heterocycles. The number of aromatic hydroxyl groups is 1. The van der Waals surface area contributed by atoms with E-state index in [0.29, 0.717) is 11.2 Å². The number of nitrogens with zero attached hydrogens (tertiary/aromatic N) is 2. The highest BCUT2D eigenvalue weighted by Gasteiger charge is 2.06. The first-order chi connectivity index (χ1) is 12.2. The van der Waals surface area contributed by atoms with Crippen molar-refractivity contribution >= 4 is 46.4 Å². The summed E-state index contributed by atoms with van der Waals surface area (Å²) in [6, 6.07) is 13.6. The fourth-order valence-corrected chi connectivity index (χ4v) is 2.99. The fraction of sp³-hybridized carbons (Fsp3) is 0. The third-order valence-electron chi connectivity index (χ3n) is 4.19. The van der Waals surface area contributed by atoms with Gasteiger partial charge in [-0.1, -0.05) is 0 Å². The highest BCUT2D eigenvalue weighted by atomic mass is 16.3. The van der Waals surface area contributed by atoms with Crippen LogP contribution in [0.2, 0.25) is 0 Å². The number of H-pyrrole nitrogens is 2. The zero-order valence-electron chi connectivity index (χ0n) is 13.2. The molecule has 5 rings (SSSR count). The Morgan fingerprint density at radius 2 is 1.20 bits per heavy atom. The number of nitrogens with one attached hydrogen (secondary N) is 2. The molecule has 5 nitrogen and oxygen atoms in total. The first kappa shape index (κ1) is 13.8. The van der Waals surface area contributed by atoms with Crippen LogP contribution in [-0.4, -0.2) is 25.0 Å². The van der Waals surface area contributed by atoms with Crippen LogP contribution < -0.4 is 0 Å². The van der Waals surface area contributed by atoms with Gasteiger partial charge in [-0.2, -0.15) is 0 Å². The summed E-state index contributed by atoms with van der Waals surface area (Å²) in [7, 11) is 0. The van der Waals surface area contributed by atoms with Crippen LogP contribution in [0.5, 0.6) is 5.75 Å². The third-order valence-corrected chi connectivity index (χ3v) is 4.19. The van der Waals surface area contributed by atoms with Gasteiger partial charge >= 0.3 is 0 Å². The summed E-state index contributed by atoms with van der Waals surface area (Å²) in [5.74, 6) is 0.128. The van der Waals surface area contributed by atoms with Crippen molar-refractivity contribution in [2.24, 2.45) is 0 Å². The van der Waals surface area contributed by atoms with Gasteiger partial charge in [0.1, 0.15) is 5.69 Å². The monoisotopic (exact) mass is 326 g/mol. The number of hydrogen-bond acceptors (Lipinski definition) is 3. The lowest BCUT2D eigenvalue weighted by atomic mass is 10.3. The molecular formula is C20H14N4O. The molecule has 8 bridgehead atoms. The van der Waals surface area contributed by atoms with Crippen LogP contribution in [0.1, 0.15) is 22.8 Å². The van der Waals surface area contributed by atoms with Crippen molar-refractivity contribution in [1.29, 1.82) is 0 Å². The molecule has 25 heavy (non-hydrogen) atoms. The van der Waals surface area contributed by atoms with Gasteiger partial charge in [-0.25, -0.2) is 9.97 Å². The highest BCUT2D eigenvalue weighted by Crippen LogP contribution is 2.25. The number of hydrogen-bond donors (Lipinski definition) is 3. The largest absolute Gasteiger partial charge is 0.504 e. The molecule has 5 heterocycles. The molecule has 0 radical (unpaired) electrons. The zero-order valence-corrected chi connectivity index (χ0v) is 13.2. The molecule has 0 amide bonds. The van der Waals surface area contributed by atoms with E-state index < -0.39 is 0 Å². The molecule has 0 saturated heterocycles. The Balaban J connectivity index is 1.88. The minimum absolute atomic E-state index is 0.128. The lowest BCUT2D eigenvalue weighted by molar-refractivity contribution is 0.477. The van der Waals surface area contributed by atoms with Gasteiger partial charge in [0.25, 0.3) is 0 Å². The van der Waals surface area contributed by atoms with E-state index in [4.69, 9.17) is 0 Å². The van der Waals surface area contributed by atoms with Crippen LogP contribution in [0.4, 0.5) is 0 Å². The Morgan fingerprint density at radius 3 is 1.92 bits per heavy atom. The predicted octanol–water partition coefficient (Wildman–Crippen LogP) is 4.36. The van der Waals surface area contributed by atoms with Crippen LogP contribution in [0.15, 0.2) is 42.5 Å². The van der Waals surface area contributed by atoms with Crippen LogP contribution in [0.25, 0.3) is 46.4 Å². The summed E-state index contributed by atoms with van der Waals surface area (Å²) >= 11 is 0. The summed E-state index contributed by atoms with van der Waals surface area (Å²) in [5.41, 5.74) is 6.50. The molecule has 0 aliphatic carbocycles. The van der Waals surface area contributed by atoms with Crippen LogP contribution in [0.3, 0.4) is 0 Å². The average molecular weight is 326 g/mol. The van der Waals surface area contributed by atoms with Gasteiger partial charge < -0.3 is 15.1 Å². The number of aromatic nitrogens is 4. The Morgan fingerprint density at radius 1 is 0.640 bits per heavy atom. The Bertz CT molecular complexity index is 1210. The van der Waals surface area contributed by atoms with Gasteiger partial charge in [0.05, 0.1) is 22.6 Å². The van der Waals surface area contributed by atoms with Gasteiger partial charge in [-0.15, -0.1) is 0 Å². The molecule has 3 N–H and O–H groups in total. The minimum Gasteiger partial charge on any atom is -0.504 e. The van der Waals surface area contributed by atoms with E-state index in [1.54, 1.807) is 0 Å². The van der Waals surface area contributed by atoms with Crippen LogP contribution in [0, 0.1) is 0 Å². The summed E-state index contributed by atoms with van der Waals surface area (Å²) in [5, 5.41) is 10.5. The summed E-state index contributed by atoms with van der Waals surface area (Å²) in [6.07, 6.45) is 7.64. The van der Waals surface area contributed by atoms with E-state index >= 15 is 0 Å². The molecule has 0 aromatic carbocycles. The van der Waals surface area contributed by atoms with E-state index in [2.05, 4.69) is 19.9 Å². The SMILES string of the molecule is Oc1c2nc(cc3ccc(cc4nc(cc5ccc1[nH]5)C=C4)[nH]3)C=C2. The number of aromatic amines is 2. The first-order valence-electron chi connectivity index (χ1n) is 7.99. The fourth-order valence-electron chi connectivity index (χ4n) is 2.99. The van der Waals surface area contributed by atoms with Crippen molar-refractivity contribution in [2.75, 3.05) is 0 Å². The smallest absolute Gasteiger partial charge is 0.165 e. The Kier molecular flexibility index (Phi) is 2.87. The quantitative estimate of drug-likeness (QED) is 0.395. The van der Waals surface area contributed by atoms with Gasteiger partial charge in [0.15, 0.2) is 5.75 Å². The van der Waals surface area contributed by atoms with Crippen molar-refractivity contribution in [1.82, 2.24) is 19.9 Å². The lowest BCUT2D eigenvalue weighted by Gasteiger charge is -1.91. The third kappa shape index (κ3) is 2.52. The molecule has 0 unspecified atom stereocenters. The molecule has 0 fully saturated rings. The second kappa shape index (κ2) is 5.21. The maximum Gasteiger partial charge on any atom is 0.165 e. The molecule has 0 atom stereocenters. The molecule has 0 spiro atoms. The zero-order chi connectivity index (χ0) is 16.8. The maximum absolute atomic E-state index is 10.5. The summed E-state index contributed by atoms with van der Waals surface area (Å²) < 4.78 is 0. The van der Waals surface area contributed by atoms with E-state index in [1.165, 1.54) is 0 Å². The topological polar surface area (TPSA) is 77.6 Å². The van der Waals surface area contributed by atoms with Crippen molar-refractivity contribution < 1.29 is 5.11 Å². The lowest BCUT2D eigenvalue weighted by Crippen LogP contribution is -1.77. The van der Waals surface area contributed by atoms with Gasteiger partial charge in [-0.3, -0.25) is 0 Å². The van der Waals surface area contributed by atoms with Crippen LogP contribution >= 0.6 is 0 Å². The molecule has 2 aliphatic rings. The second-order valence-corrected chi connectivity index (χ2v) is 6.03. The van der Waals surface area contributed by atoms with Gasteiger partial charge in [-0.05, 0) is 66.8 Å². The molecule has 2 aliphatic heterocycles. The first-order valence-corrected chi connectivity index (χ1v) is 7.99. The maximum atomic E-state index is 10.5. The predicted molar refractivity (Wildman–Crippen MR) is 101 cm³/mol. The summed E-state index contributed by atoms with van der Waals surface area (Å²) in [4.78, 5) is 15.6. The highest BCUT2D eigenvalue weighted by molar-refractivity contribution is 5.80. The van der Waals surface area contributed by atoms with E-state index in [0.717, 1.165) is 33.6 Å². The molecular weight excluding hydrogens is 312 g/mol. The molecule has 3 aromatic rings. The van der Waals surface area contributed by atoms with E-state index in [1.807, 2.05) is 66.8 Å². The van der Waals surface area contributed by atoms with Gasteiger partial charge in [0, 0.05) is 16.6 Å². The minimum atomic E-state index is 0.128. The molecule has 120 valence electrons. The molecule has 5 heteroatoms. The second-order valence-electron chi connectivity index (χ2n) is 6.03. The Labute approximate surface area is 143 Å². The molecule has 0 saturated carbocycles. The van der Waals surface area contributed by atoms with Crippen LogP contribution in [-0.2, 0) is 0 Å². The number of rotatable bonds is 0. The van der Waals surface area contributed by atoms with E-state index in [9.17, 15) is 5.11 Å². The van der Waals surface area contributed by atoms with Crippen molar-refractivity contribution in [3.63, 3.8) is 0 Å². The van der Waals surface area contributed by atoms with Gasteiger partial charge in [0.2, 0.25) is 0 Å². The normalized spacial score (nSPS) is 12.6. The summed E-state index contributed by atoms with van der Waals surface area (Å²) in [6.45, 7) is 0. The standard InChI is InChI=1S/C20H14N4O/c25-20-18-7-5-16(23-18)10-14-3-1-12(21-14)9-13-2-4-15(22-13)11-17-6-8-19(20)24-17/h1-11,21,24-25H. The van der Waals surface area contributed by atoms with Crippen molar-refractivity contribution in [3.8, 4) is 5.75 Å². The Hall–Kier alpha value is -3.60. The van der Waals surface area contributed by atoms with E-state index in [-0.39, 0.29) is 5.75 Å². The number of fused-ring (bicyclic) bond motifs is 8. The van der Waals surface area contributed by atoms with Crippen molar-refractivity contribution in [3.05, 3.63) is 65.2 Å². The average Bonchev–Trinajstić information content (AvgIpc) is 3.36. The van der Waals surface area contributed by atoms with Crippen molar-refractivity contribution in [2.45, 2.75) is 0 Å².